The SMILES string of the molecule is C=CCOC[C@H](NC(=O)OC(C)(C)C)[C@H]1CO1. The summed E-state index contributed by atoms with van der Waals surface area (Å²) in [6, 6.07) is -0.162. The van der Waals surface area contributed by atoms with Gasteiger partial charge in [0, 0.05) is 0 Å². The van der Waals surface area contributed by atoms with E-state index in [1.54, 1.807) is 6.08 Å². The van der Waals surface area contributed by atoms with Gasteiger partial charge < -0.3 is 19.5 Å². The first kappa shape index (κ1) is 14.0. The molecule has 1 aliphatic heterocycles. The molecule has 0 bridgehead atoms. The number of amides is 1. The number of hydrogen-bond donors (Lipinski definition) is 1. The highest BCUT2D eigenvalue weighted by atomic mass is 16.6. The number of ether oxygens (including phenoxy) is 3. The molecule has 0 aliphatic carbocycles. The van der Waals surface area contributed by atoms with Crippen LogP contribution in [0.15, 0.2) is 12.7 Å². The van der Waals surface area contributed by atoms with Gasteiger partial charge in [-0.2, -0.15) is 0 Å². The van der Waals surface area contributed by atoms with Crippen molar-refractivity contribution in [1.82, 2.24) is 5.32 Å². The monoisotopic (exact) mass is 243 g/mol. The first-order valence-electron chi connectivity index (χ1n) is 5.72. The Kier molecular flexibility index (Phi) is 4.96. The second-order valence-electron chi connectivity index (χ2n) is 4.95. The molecule has 1 N–H and O–H groups in total. The smallest absolute Gasteiger partial charge is 0.408 e. The molecule has 0 aromatic carbocycles. The van der Waals surface area contributed by atoms with Gasteiger partial charge in [-0.05, 0) is 20.8 Å². The maximum atomic E-state index is 11.6. The fourth-order valence-corrected chi connectivity index (χ4v) is 1.27. The van der Waals surface area contributed by atoms with Crippen molar-refractivity contribution < 1.29 is 19.0 Å². The zero-order valence-corrected chi connectivity index (χ0v) is 10.7. The van der Waals surface area contributed by atoms with Gasteiger partial charge in [-0.25, -0.2) is 4.79 Å². The molecule has 5 heteroatoms. The third-order valence-corrected chi connectivity index (χ3v) is 2.04. The van der Waals surface area contributed by atoms with Crippen molar-refractivity contribution in [1.29, 1.82) is 0 Å². The van der Waals surface area contributed by atoms with Crippen LogP contribution < -0.4 is 5.32 Å². The van der Waals surface area contributed by atoms with E-state index in [1.807, 2.05) is 20.8 Å². The van der Waals surface area contributed by atoms with Crippen LogP contribution in [0.5, 0.6) is 0 Å². The van der Waals surface area contributed by atoms with Crippen LogP contribution in [-0.2, 0) is 14.2 Å². The largest absolute Gasteiger partial charge is 0.444 e. The van der Waals surface area contributed by atoms with Gasteiger partial charge in [-0.15, -0.1) is 6.58 Å². The first-order chi connectivity index (χ1) is 7.92. The molecule has 0 aromatic heterocycles. The van der Waals surface area contributed by atoms with E-state index in [2.05, 4.69) is 11.9 Å². The van der Waals surface area contributed by atoms with Crippen LogP contribution in [0, 0.1) is 0 Å². The number of hydrogen-bond acceptors (Lipinski definition) is 4. The molecule has 2 atom stereocenters. The fourth-order valence-electron chi connectivity index (χ4n) is 1.27. The minimum atomic E-state index is -0.499. The van der Waals surface area contributed by atoms with E-state index in [0.717, 1.165) is 0 Å². The predicted octanol–water partition coefficient (Wildman–Crippen LogP) is 1.48. The molecule has 0 saturated carbocycles. The molecule has 1 fully saturated rings. The highest BCUT2D eigenvalue weighted by molar-refractivity contribution is 5.68. The molecule has 5 nitrogen and oxygen atoms in total. The summed E-state index contributed by atoms with van der Waals surface area (Å²) in [7, 11) is 0. The molecule has 1 heterocycles. The minimum absolute atomic E-state index is 0.0346. The van der Waals surface area contributed by atoms with E-state index in [4.69, 9.17) is 14.2 Å². The van der Waals surface area contributed by atoms with Crippen molar-refractivity contribution in [3.63, 3.8) is 0 Å². The molecule has 1 amide bonds. The zero-order chi connectivity index (χ0) is 12.9. The van der Waals surface area contributed by atoms with Crippen molar-refractivity contribution in [2.24, 2.45) is 0 Å². The van der Waals surface area contributed by atoms with Gasteiger partial charge in [0.25, 0.3) is 0 Å². The molecule has 1 saturated heterocycles. The Bertz CT molecular complexity index is 268. The lowest BCUT2D eigenvalue weighted by Gasteiger charge is -2.22. The molecule has 0 aromatic rings. The fraction of sp³-hybridized carbons (Fsp3) is 0.750. The van der Waals surface area contributed by atoms with Crippen molar-refractivity contribution in [2.75, 3.05) is 19.8 Å². The summed E-state index contributed by atoms with van der Waals surface area (Å²) < 4.78 is 15.6. The molecular formula is C12H21NO4. The van der Waals surface area contributed by atoms with Crippen molar-refractivity contribution in [3.05, 3.63) is 12.7 Å². The second kappa shape index (κ2) is 6.02. The van der Waals surface area contributed by atoms with Gasteiger partial charge in [-0.3, -0.25) is 0 Å². The van der Waals surface area contributed by atoms with Crippen LogP contribution in [0.3, 0.4) is 0 Å². The topological polar surface area (TPSA) is 60.1 Å². The summed E-state index contributed by atoms with van der Waals surface area (Å²) in [6.45, 7) is 10.5. The Balaban J connectivity index is 2.33. The van der Waals surface area contributed by atoms with E-state index in [1.165, 1.54) is 0 Å². The van der Waals surface area contributed by atoms with Gasteiger partial charge in [0.1, 0.15) is 11.7 Å². The number of epoxide rings is 1. The van der Waals surface area contributed by atoms with Crippen LogP contribution in [-0.4, -0.2) is 43.7 Å². The van der Waals surface area contributed by atoms with Crippen molar-refractivity contribution in [2.45, 2.75) is 38.5 Å². The van der Waals surface area contributed by atoms with Crippen molar-refractivity contribution >= 4 is 6.09 Å². The first-order valence-corrected chi connectivity index (χ1v) is 5.72. The lowest BCUT2D eigenvalue weighted by atomic mass is 10.2. The lowest BCUT2D eigenvalue weighted by Crippen LogP contribution is -2.44. The van der Waals surface area contributed by atoms with E-state index in [-0.39, 0.29) is 12.1 Å². The second-order valence-corrected chi connectivity index (χ2v) is 4.95. The Morgan fingerprint density at radius 3 is 2.76 bits per heavy atom. The van der Waals surface area contributed by atoms with Gasteiger partial charge in [0.2, 0.25) is 0 Å². The molecule has 98 valence electrons. The maximum absolute atomic E-state index is 11.6. The average molecular weight is 243 g/mol. The van der Waals surface area contributed by atoms with Gasteiger partial charge in [0.15, 0.2) is 0 Å². The quantitative estimate of drug-likeness (QED) is 0.436. The summed E-state index contributed by atoms with van der Waals surface area (Å²) in [5.41, 5.74) is -0.499. The lowest BCUT2D eigenvalue weighted by molar-refractivity contribution is 0.0437. The molecule has 17 heavy (non-hydrogen) atoms. The van der Waals surface area contributed by atoms with Gasteiger partial charge >= 0.3 is 6.09 Å². The summed E-state index contributed by atoms with van der Waals surface area (Å²) in [5.74, 6) is 0. The van der Waals surface area contributed by atoms with Gasteiger partial charge in [-0.1, -0.05) is 6.08 Å². The van der Waals surface area contributed by atoms with Crippen LogP contribution in [0.4, 0.5) is 4.79 Å². The normalized spacial score (nSPS) is 20.5. The number of alkyl carbamates (subject to hydrolysis) is 1. The Morgan fingerprint density at radius 1 is 1.65 bits per heavy atom. The molecular weight excluding hydrogens is 222 g/mol. The Hall–Kier alpha value is -1.07. The number of rotatable bonds is 6. The maximum Gasteiger partial charge on any atom is 0.408 e. The molecule has 1 rings (SSSR count). The third kappa shape index (κ3) is 6.28. The van der Waals surface area contributed by atoms with E-state index in [9.17, 15) is 4.79 Å². The minimum Gasteiger partial charge on any atom is -0.444 e. The van der Waals surface area contributed by atoms with E-state index in [0.29, 0.717) is 19.8 Å². The Morgan fingerprint density at radius 2 is 2.29 bits per heavy atom. The predicted molar refractivity (Wildman–Crippen MR) is 63.9 cm³/mol. The van der Waals surface area contributed by atoms with Gasteiger partial charge in [0.05, 0.1) is 25.9 Å². The van der Waals surface area contributed by atoms with Crippen LogP contribution >= 0.6 is 0 Å². The van der Waals surface area contributed by atoms with Crippen molar-refractivity contribution in [3.8, 4) is 0 Å². The Labute approximate surface area is 102 Å². The number of carbonyl (C=O) groups excluding carboxylic acids is 1. The molecule has 0 radical (unpaired) electrons. The summed E-state index contributed by atoms with van der Waals surface area (Å²) >= 11 is 0. The highest BCUT2D eigenvalue weighted by Gasteiger charge is 2.34. The average Bonchev–Trinajstić information content (AvgIpc) is 2.96. The number of carbonyl (C=O) groups is 1. The number of nitrogens with one attached hydrogen (secondary N) is 1. The molecule has 1 aliphatic rings. The standard InChI is InChI=1S/C12H21NO4/c1-5-6-15-7-9(10-8-16-10)13-11(14)17-12(2,3)4/h5,9-10H,1,6-8H2,2-4H3,(H,13,14)/t9-,10+/m0/s1. The molecule has 0 unspecified atom stereocenters. The highest BCUT2D eigenvalue weighted by Crippen LogP contribution is 2.15. The third-order valence-electron chi connectivity index (χ3n) is 2.04. The molecule has 0 spiro atoms. The van der Waals surface area contributed by atoms with E-state index < -0.39 is 11.7 Å². The zero-order valence-electron chi connectivity index (χ0n) is 10.7. The van der Waals surface area contributed by atoms with Crippen LogP contribution in [0.25, 0.3) is 0 Å². The summed E-state index contributed by atoms with van der Waals surface area (Å²) in [4.78, 5) is 11.6. The summed E-state index contributed by atoms with van der Waals surface area (Å²) in [5, 5.41) is 2.75. The van der Waals surface area contributed by atoms with Crippen LogP contribution in [0.1, 0.15) is 20.8 Å². The van der Waals surface area contributed by atoms with E-state index >= 15 is 0 Å². The van der Waals surface area contributed by atoms with Crippen LogP contribution in [0.2, 0.25) is 0 Å². The summed E-state index contributed by atoms with van der Waals surface area (Å²) in [6.07, 6.45) is 1.26.